The number of unbranched alkanes of at least 4 members (excludes halogenated alkanes) is 1. The van der Waals surface area contributed by atoms with E-state index < -0.39 is 0 Å². The molecule has 0 radical (unpaired) electrons. The quantitative estimate of drug-likeness (QED) is 0.576. The summed E-state index contributed by atoms with van der Waals surface area (Å²) in [6, 6.07) is 0. The van der Waals surface area contributed by atoms with E-state index in [0.717, 1.165) is 17.8 Å². The van der Waals surface area contributed by atoms with Crippen molar-refractivity contribution < 1.29 is 0 Å². The smallest absolute Gasteiger partial charge is 0.0135 e. The highest BCUT2D eigenvalue weighted by molar-refractivity contribution is 5.37. The zero-order chi connectivity index (χ0) is 8.58. The third-order valence-corrected chi connectivity index (χ3v) is 5.31. The van der Waals surface area contributed by atoms with Crippen LogP contribution in [0.4, 0.5) is 0 Å². The topological polar surface area (TPSA) is 0 Å². The van der Waals surface area contributed by atoms with Crippen LogP contribution in [0, 0.1) is 35.5 Å². The predicted molar refractivity (Wildman–Crippen MR) is 53.2 cm³/mol. The van der Waals surface area contributed by atoms with E-state index in [1.165, 1.54) is 37.0 Å². The van der Waals surface area contributed by atoms with Crippen LogP contribution in [0.25, 0.3) is 0 Å². The first-order valence-corrected chi connectivity index (χ1v) is 6.12. The van der Waals surface area contributed by atoms with Gasteiger partial charge in [0.05, 0.1) is 0 Å². The molecule has 5 aliphatic carbocycles. The first-order valence-electron chi connectivity index (χ1n) is 6.12. The molecule has 4 fully saturated rings. The van der Waals surface area contributed by atoms with E-state index in [0.29, 0.717) is 0 Å². The Bertz CT molecular complexity index is 288. The molecule has 0 amide bonds. The van der Waals surface area contributed by atoms with Gasteiger partial charge in [-0.25, -0.2) is 0 Å². The van der Waals surface area contributed by atoms with Crippen LogP contribution in [0.2, 0.25) is 0 Å². The molecular formula is C13H18. The Balaban J connectivity index is 1.60. The van der Waals surface area contributed by atoms with E-state index in [1.807, 2.05) is 5.57 Å². The number of hydrogen-bond donors (Lipinski definition) is 0. The lowest BCUT2D eigenvalue weighted by molar-refractivity contribution is 0.452. The van der Waals surface area contributed by atoms with Crippen LogP contribution < -0.4 is 0 Å². The minimum atomic E-state index is 1.08. The second-order valence-electron chi connectivity index (χ2n) is 5.67. The summed E-state index contributed by atoms with van der Waals surface area (Å²) in [5, 5.41) is 0. The van der Waals surface area contributed by atoms with Gasteiger partial charge < -0.3 is 0 Å². The normalized spacial score (nSPS) is 58.7. The van der Waals surface area contributed by atoms with Crippen LogP contribution in [-0.4, -0.2) is 0 Å². The molecule has 5 rings (SSSR count). The summed E-state index contributed by atoms with van der Waals surface area (Å²) in [6.45, 7) is 2.31. The molecule has 0 nitrogen and oxygen atoms in total. The zero-order valence-electron chi connectivity index (χ0n) is 8.37. The summed E-state index contributed by atoms with van der Waals surface area (Å²) in [6.07, 6.45) is 8.54. The first-order chi connectivity index (χ1) is 6.42. The predicted octanol–water partition coefficient (Wildman–Crippen LogP) is 3.24. The Labute approximate surface area is 80.4 Å². The van der Waals surface area contributed by atoms with E-state index >= 15 is 0 Å². The summed E-state index contributed by atoms with van der Waals surface area (Å²) < 4.78 is 0. The van der Waals surface area contributed by atoms with Crippen molar-refractivity contribution >= 4 is 0 Å². The van der Waals surface area contributed by atoms with Gasteiger partial charge in [0.1, 0.15) is 0 Å². The van der Waals surface area contributed by atoms with Gasteiger partial charge in [0.25, 0.3) is 0 Å². The minimum absolute atomic E-state index is 1.08. The largest absolute Gasteiger partial charge is 0.0813 e. The fourth-order valence-corrected chi connectivity index (χ4v) is 4.96. The molecule has 4 saturated carbocycles. The average Bonchev–Trinajstić information content (AvgIpc) is 2.57. The Kier molecular flexibility index (Phi) is 1.11. The van der Waals surface area contributed by atoms with E-state index in [-0.39, 0.29) is 0 Å². The molecule has 3 unspecified atom stereocenters. The molecular weight excluding hydrogens is 156 g/mol. The fraction of sp³-hybridized carbons (Fsp3) is 0.846. The summed E-state index contributed by atoms with van der Waals surface area (Å²) >= 11 is 0. The molecule has 0 heterocycles. The highest BCUT2D eigenvalue weighted by Crippen LogP contribution is 2.80. The van der Waals surface area contributed by atoms with Gasteiger partial charge in [0.15, 0.2) is 0 Å². The Morgan fingerprint density at radius 1 is 1.31 bits per heavy atom. The Morgan fingerprint density at radius 2 is 2.23 bits per heavy atom. The van der Waals surface area contributed by atoms with Crippen LogP contribution in [-0.2, 0) is 0 Å². The highest BCUT2D eigenvalue weighted by atomic mass is 14.8. The third-order valence-electron chi connectivity index (χ3n) is 5.31. The maximum absolute atomic E-state index is 2.69. The maximum atomic E-state index is 2.69. The van der Waals surface area contributed by atoms with Crippen molar-refractivity contribution in [3.8, 4) is 0 Å². The van der Waals surface area contributed by atoms with E-state index in [4.69, 9.17) is 0 Å². The second-order valence-corrected chi connectivity index (χ2v) is 5.67. The lowest BCUT2D eigenvalue weighted by atomic mass is 9.91. The van der Waals surface area contributed by atoms with Crippen molar-refractivity contribution in [2.45, 2.75) is 32.6 Å². The average molecular weight is 174 g/mol. The molecule has 5 aliphatic rings. The van der Waals surface area contributed by atoms with Crippen molar-refractivity contribution in [2.24, 2.45) is 35.5 Å². The molecule has 0 aromatic heterocycles. The molecule has 0 aromatic carbocycles. The van der Waals surface area contributed by atoms with Gasteiger partial charge >= 0.3 is 0 Å². The molecule has 0 aliphatic heterocycles. The van der Waals surface area contributed by atoms with Crippen molar-refractivity contribution in [2.75, 3.05) is 0 Å². The molecule has 0 aromatic rings. The van der Waals surface area contributed by atoms with Gasteiger partial charge in [-0.3, -0.25) is 0 Å². The molecule has 0 N–H and O–H groups in total. The Hall–Kier alpha value is -0.260. The van der Waals surface area contributed by atoms with Crippen LogP contribution >= 0.6 is 0 Å². The number of allylic oxidation sites excluding steroid dienone is 2. The lowest BCUT2D eigenvalue weighted by Gasteiger charge is -2.13. The highest BCUT2D eigenvalue weighted by Gasteiger charge is 2.75. The molecule has 70 valence electrons. The molecule has 0 heteroatoms. The molecule has 6 bridgehead atoms. The Morgan fingerprint density at radius 3 is 2.85 bits per heavy atom. The van der Waals surface area contributed by atoms with Gasteiger partial charge in [-0.05, 0) is 54.8 Å². The monoisotopic (exact) mass is 174 g/mol. The van der Waals surface area contributed by atoms with Crippen molar-refractivity contribution in [3.63, 3.8) is 0 Å². The van der Waals surface area contributed by atoms with Crippen LogP contribution in [0.1, 0.15) is 32.6 Å². The van der Waals surface area contributed by atoms with E-state index in [1.54, 1.807) is 6.42 Å². The van der Waals surface area contributed by atoms with E-state index in [9.17, 15) is 0 Å². The van der Waals surface area contributed by atoms with Gasteiger partial charge in [0.2, 0.25) is 0 Å². The second kappa shape index (κ2) is 2.04. The summed E-state index contributed by atoms with van der Waals surface area (Å²) in [7, 11) is 0. The van der Waals surface area contributed by atoms with Crippen molar-refractivity contribution in [1.29, 1.82) is 0 Å². The van der Waals surface area contributed by atoms with Crippen molar-refractivity contribution in [1.82, 2.24) is 0 Å². The zero-order valence-corrected chi connectivity index (χ0v) is 8.37. The van der Waals surface area contributed by atoms with Gasteiger partial charge in [0, 0.05) is 0 Å². The van der Waals surface area contributed by atoms with Gasteiger partial charge in [-0.2, -0.15) is 0 Å². The van der Waals surface area contributed by atoms with Crippen LogP contribution in [0.3, 0.4) is 0 Å². The minimum Gasteiger partial charge on any atom is -0.0813 e. The molecule has 0 spiro atoms. The number of rotatable bonds is 3. The molecule has 6 atom stereocenters. The van der Waals surface area contributed by atoms with Crippen LogP contribution in [0.15, 0.2) is 11.6 Å². The van der Waals surface area contributed by atoms with Gasteiger partial charge in [-0.15, -0.1) is 0 Å². The summed E-state index contributed by atoms with van der Waals surface area (Å²) in [4.78, 5) is 0. The first kappa shape index (κ1) is 7.09. The lowest BCUT2D eigenvalue weighted by Crippen LogP contribution is -2.04. The summed E-state index contributed by atoms with van der Waals surface area (Å²) in [5.41, 5.74) is 1.89. The fourth-order valence-electron chi connectivity index (χ4n) is 4.96. The molecule has 13 heavy (non-hydrogen) atoms. The van der Waals surface area contributed by atoms with Crippen molar-refractivity contribution in [3.05, 3.63) is 11.6 Å². The standard InChI is InChI=1S/C13H18/c1-2-3-4-7-5-8-9-6-10-12(8)13(10)11(7)9/h5,8-13H,2-4,6H2,1H3/t8-,9-,10+,11?,12?,13?/m1/s1. The van der Waals surface area contributed by atoms with Crippen LogP contribution in [0.5, 0.6) is 0 Å². The number of hydrogen-bond acceptors (Lipinski definition) is 0. The maximum Gasteiger partial charge on any atom is -0.0135 e. The van der Waals surface area contributed by atoms with Gasteiger partial charge in [-0.1, -0.05) is 25.0 Å². The molecule has 0 saturated heterocycles. The summed E-state index contributed by atoms with van der Waals surface area (Å²) in [5.74, 6) is 6.92. The van der Waals surface area contributed by atoms with E-state index in [2.05, 4.69) is 13.0 Å². The third kappa shape index (κ3) is 0.639. The SMILES string of the molecule is CCCCC1=C[C@H]2C3C4C1[C@@H]2C[C@H]43.